The molecule has 2 aromatic rings. The van der Waals surface area contributed by atoms with Crippen LogP contribution in [-0.4, -0.2) is 53.2 Å². The third-order valence-corrected chi connectivity index (χ3v) is 3.89. The van der Waals surface area contributed by atoms with Crippen LogP contribution in [0.25, 0.3) is 11.2 Å². The Bertz CT molecular complexity index is 889. The van der Waals surface area contributed by atoms with Crippen LogP contribution in [-0.2, 0) is 16.1 Å². The van der Waals surface area contributed by atoms with Crippen molar-refractivity contribution in [3.8, 4) is 12.0 Å². The Balaban J connectivity index is 2.19. The molecular formula is C20H27N5O4. The van der Waals surface area contributed by atoms with Crippen molar-refractivity contribution in [2.24, 2.45) is 5.92 Å². The minimum atomic E-state index is -0.234. The zero-order valence-corrected chi connectivity index (χ0v) is 16.9. The van der Waals surface area contributed by atoms with Gasteiger partial charge in [-0.1, -0.05) is 43.4 Å². The third kappa shape index (κ3) is 6.15. The summed E-state index contributed by atoms with van der Waals surface area (Å²) in [6.45, 7) is 3.18. The number of nitrogens with two attached hydrogens (primary N) is 1. The molecule has 0 spiro atoms. The molecule has 0 fully saturated rings. The number of nitrogens with zero attached hydrogens (tertiary/aromatic N) is 4. The molecule has 2 rings (SSSR count). The van der Waals surface area contributed by atoms with E-state index in [4.69, 9.17) is 19.9 Å². The van der Waals surface area contributed by atoms with Crippen molar-refractivity contribution in [2.75, 3.05) is 33.2 Å². The summed E-state index contributed by atoms with van der Waals surface area (Å²) < 4.78 is 17.5. The van der Waals surface area contributed by atoms with Gasteiger partial charge in [0.25, 0.3) is 6.01 Å². The summed E-state index contributed by atoms with van der Waals surface area (Å²) in [6, 6.07) is 0.511. The van der Waals surface area contributed by atoms with Crippen molar-refractivity contribution in [3.05, 3.63) is 36.5 Å². The van der Waals surface area contributed by atoms with Gasteiger partial charge in [-0.05, 0) is 6.42 Å². The largest absolute Gasteiger partial charge is 0.468 e. The Morgan fingerprint density at radius 2 is 1.93 bits per heavy atom. The minimum absolute atomic E-state index is 0.149. The number of aldehydes is 1. The van der Waals surface area contributed by atoms with E-state index in [2.05, 4.69) is 15.0 Å². The van der Waals surface area contributed by atoms with E-state index >= 15 is 0 Å². The van der Waals surface area contributed by atoms with Gasteiger partial charge in [0.05, 0.1) is 19.6 Å². The highest BCUT2D eigenvalue weighted by Gasteiger charge is 2.17. The summed E-state index contributed by atoms with van der Waals surface area (Å²) in [5.74, 6) is -0.0255. The Hall–Kier alpha value is -3.20. The second kappa shape index (κ2) is 11.6. The van der Waals surface area contributed by atoms with Crippen LogP contribution in [0.5, 0.6) is 12.0 Å². The fourth-order valence-corrected chi connectivity index (χ4v) is 2.47. The molecule has 156 valence electrons. The first-order valence-electron chi connectivity index (χ1n) is 9.29. The summed E-state index contributed by atoms with van der Waals surface area (Å²) in [4.78, 5) is 23.9. The zero-order chi connectivity index (χ0) is 21.1. The fraction of sp³-hybridized carbons (Fsp3) is 0.400. The summed E-state index contributed by atoms with van der Waals surface area (Å²) in [5, 5.41) is 0. The maximum atomic E-state index is 11.0. The topological polar surface area (TPSA) is 114 Å². The number of fused-ring (bicyclic) bond motifs is 1. The molecule has 1 unspecified atom stereocenters. The highest BCUT2D eigenvalue weighted by Crippen LogP contribution is 2.25. The van der Waals surface area contributed by atoms with E-state index in [1.807, 2.05) is 43.4 Å². The highest BCUT2D eigenvalue weighted by molar-refractivity contribution is 5.83. The van der Waals surface area contributed by atoms with Crippen molar-refractivity contribution in [2.45, 2.75) is 19.9 Å². The lowest BCUT2D eigenvalue weighted by Gasteiger charge is -2.06. The van der Waals surface area contributed by atoms with Crippen LogP contribution in [0.15, 0.2) is 36.5 Å². The predicted octanol–water partition coefficient (Wildman–Crippen LogP) is 2.34. The lowest BCUT2D eigenvalue weighted by molar-refractivity contribution is -0.108. The fourth-order valence-electron chi connectivity index (χ4n) is 2.47. The average Bonchev–Trinajstić information content (AvgIpc) is 3.08. The van der Waals surface area contributed by atoms with Gasteiger partial charge in [-0.2, -0.15) is 15.0 Å². The van der Waals surface area contributed by atoms with Crippen molar-refractivity contribution in [1.82, 2.24) is 19.5 Å². The normalized spacial score (nSPS) is 13.1. The third-order valence-electron chi connectivity index (χ3n) is 3.89. The lowest BCUT2D eigenvalue weighted by atomic mass is 10.1. The minimum Gasteiger partial charge on any atom is -0.468 e. The van der Waals surface area contributed by atoms with Gasteiger partial charge >= 0.3 is 6.01 Å². The molecule has 0 saturated carbocycles. The van der Waals surface area contributed by atoms with Crippen molar-refractivity contribution >= 4 is 23.3 Å². The molecular weight excluding hydrogens is 374 g/mol. The number of imidazole rings is 1. The molecule has 0 radical (unpaired) electrons. The van der Waals surface area contributed by atoms with Crippen molar-refractivity contribution < 1.29 is 19.0 Å². The molecule has 0 aliphatic carbocycles. The van der Waals surface area contributed by atoms with Crippen molar-refractivity contribution in [1.29, 1.82) is 0 Å². The van der Waals surface area contributed by atoms with Crippen LogP contribution in [0.4, 0.5) is 5.82 Å². The number of allylic oxidation sites excluding steroid dienone is 6. The molecule has 0 aliphatic rings. The lowest BCUT2D eigenvalue weighted by Crippen LogP contribution is -2.09. The Kier molecular flexibility index (Phi) is 8.84. The molecule has 9 heteroatoms. The number of aromatic nitrogens is 4. The number of nitrogen functional groups attached to an aromatic ring is 1. The summed E-state index contributed by atoms with van der Waals surface area (Å²) in [6.07, 6.45) is 13.0. The second-order valence-corrected chi connectivity index (χ2v) is 5.98. The average molecular weight is 401 g/mol. The van der Waals surface area contributed by atoms with Gasteiger partial charge in [0.2, 0.25) is 0 Å². The van der Waals surface area contributed by atoms with Crippen LogP contribution in [0.2, 0.25) is 0 Å². The maximum absolute atomic E-state index is 11.0. The highest BCUT2D eigenvalue weighted by atomic mass is 16.5. The van der Waals surface area contributed by atoms with Crippen LogP contribution >= 0.6 is 0 Å². The number of ether oxygens (including phenoxy) is 3. The number of carbonyl (C=O) groups is 1. The Labute approximate surface area is 169 Å². The first-order chi connectivity index (χ1) is 14.1. The van der Waals surface area contributed by atoms with E-state index in [9.17, 15) is 4.79 Å². The summed E-state index contributed by atoms with van der Waals surface area (Å²) >= 11 is 0. The Morgan fingerprint density at radius 3 is 2.62 bits per heavy atom. The monoisotopic (exact) mass is 401 g/mol. The van der Waals surface area contributed by atoms with Crippen LogP contribution in [0.1, 0.15) is 13.3 Å². The number of carbonyl (C=O) groups excluding carboxylic acids is 1. The molecule has 2 heterocycles. The molecule has 0 aromatic carbocycles. The molecule has 9 nitrogen and oxygen atoms in total. The van der Waals surface area contributed by atoms with Gasteiger partial charge in [0.15, 0.2) is 17.0 Å². The SMILES string of the molecule is CC/C=C\C(C=O)C=C/C=C/Cn1c(OC)nc2c(N)nc(OCCOC)nc21. The van der Waals surface area contributed by atoms with Crippen molar-refractivity contribution in [3.63, 3.8) is 0 Å². The van der Waals surface area contributed by atoms with Gasteiger partial charge in [-0.15, -0.1) is 0 Å². The van der Waals surface area contributed by atoms with E-state index in [-0.39, 0.29) is 17.7 Å². The van der Waals surface area contributed by atoms with Crippen LogP contribution in [0.3, 0.4) is 0 Å². The first-order valence-corrected chi connectivity index (χ1v) is 9.29. The number of anilines is 1. The van der Waals surface area contributed by atoms with E-state index in [1.165, 1.54) is 7.11 Å². The van der Waals surface area contributed by atoms with Gasteiger partial charge in [-0.3, -0.25) is 4.57 Å². The van der Waals surface area contributed by atoms with E-state index in [0.717, 1.165) is 12.7 Å². The number of hydrogen-bond donors (Lipinski definition) is 1. The van der Waals surface area contributed by atoms with Crippen LogP contribution in [0, 0.1) is 5.92 Å². The van der Waals surface area contributed by atoms with E-state index in [0.29, 0.717) is 36.9 Å². The molecule has 1 atom stereocenters. The number of hydrogen-bond acceptors (Lipinski definition) is 8. The molecule has 2 aromatic heterocycles. The summed E-state index contributed by atoms with van der Waals surface area (Å²) in [5.41, 5.74) is 6.95. The predicted molar refractivity (Wildman–Crippen MR) is 111 cm³/mol. The number of methoxy groups -OCH3 is 2. The Morgan fingerprint density at radius 1 is 1.10 bits per heavy atom. The smallest absolute Gasteiger partial charge is 0.320 e. The molecule has 0 bridgehead atoms. The first kappa shape index (κ1) is 22.1. The van der Waals surface area contributed by atoms with Gasteiger partial charge in [0.1, 0.15) is 12.9 Å². The van der Waals surface area contributed by atoms with Crippen LogP contribution < -0.4 is 15.2 Å². The van der Waals surface area contributed by atoms with Gasteiger partial charge in [-0.25, -0.2) is 0 Å². The van der Waals surface area contributed by atoms with Gasteiger partial charge < -0.3 is 24.7 Å². The zero-order valence-electron chi connectivity index (χ0n) is 16.9. The molecule has 29 heavy (non-hydrogen) atoms. The molecule has 0 aliphatic heterocycles. The molecule has 2 N–H and O–H groups in total. The standard InChI is InChI=1S/C20H27N5O4/c1-4-5-9-15(14-26)10-7-6-8-11-25-18-16(22-20(25)28-3)17(21)23-19(24-18)29-13-12-27-2/h5-10,14-15H,4,11-13H2,1-3H3,(H2,21,23,24)/b8-6+,9-5-,10-7?. The number of rotatable bonds is 12. The second-order valence-electron chi connectivity index (χ2n) is 5.98. The van der Waals surface area contributed by atoms with Gasteiger partial charge in [0, 0.05) is 13.7 Å². The van der Waals surface area contributed by atoms with E-state index in [1.54, 1.807) is 11.7 Å². The van der Waals surface area contributed by atoms with E-state index < -0.39 is 0 Å². The molecule has 0 amide bonds. The quantitative estimate of drug-likeness (QED) is 0.249. The molecule has 0 saturated heterocycles. The summed E-state index contributed by atoms with van der Waals surface area (Å²) in [7, 11) is 3.11. The maximum Gasteiger partial charge on any atom is 0.320 e.